The molecule has 1 aliphatic heterocycles. The number of nitrogens with two attached hydrogens (primary N) is 1. The van der Waals surface area contributed by atoms with Gasteiger partial charge in [0, 0.05) is 28.7 Å². The summed E-state index contributed by atoms with van der Waals surface area (Å²) in [5, 5.41) is 12.8. The largest absolute Gasteiger partial charge is 0.480 e. The molecule has 1 atom stereocenters. The molecule has 0 fully saturated rings. The Kier molecular flexibility index (Phi) is 5.03. The minimum absolute atomic E-state index is 0.0849. The number of anilines is 1. The number of carboxylic acids is 1. The second kappa shape index (κ2) is 7.64. The molecule has 1 aliphatic rings. The average Bonchev–Trinajstić information content (AvgIpc) is 3.29. The Morgan fingerprint density at radius 3 is 2.90 bits per heavy atom. The number of aliphatic carboxylic acids is 1. The van der Waals surface area contributed by atoms with Crippen LogP contribution in [0.15, 0.2) is 30.3 Å². The number of fused-ring (bicyclic) bond motifs is 2. The zero-order valence-corrected chi connectivity index (χ0v) is 16.2. The summed E-state index contributed by atoms with van der Waals surface area (Å²) in [5.74, 6) is -1.82. The summed E-state index contributed by atoms with van der Waals surface area (Å²) in [6.45, 7) is 0.938. The molecule has 2 amide bonds. The smallest absolute Gasteiger partial charge is 0.321 e. The third kappa shape index (κ3) is 3.98. The minimum Gasteiger partial charge on any atom is -0.480 e. The number of rotatable bonds is 5. The van der Waals surface area contributed by atoms with Crippen LogP contribution in [0.1, 0.15) is 27.5 Å². The van der Waals surface area contributed by atoms with Gasteiger partial charge in [-0.1, -0.05) is 29.5 Å². The van der Waals surface area contributed by atoms with Gasteiger partial charge in [0.15, 0.2) is 5.13 Å². The number of carboxylic acid groups (broad SMARTS) is 1. The molecule has 0 spiro atoms. The predicted octanol–water partition coefficient (Wildman–Crippen LogP) is 1.56. The van der Waals surface area contributed by atoms with Gasteiger partial charge in [0.2, 0.25) is 5.91 Å². The van der Waals surface area contributed by atoms with Gasteiger partial charge in [0.1, 0.15) is 11.7 Å². The number of hydrogen-bond acceptors (Lipinski definition) is 6. The van der Waals surface area contributed by atoms with Gasteiger partial charge in [-0.25, -0.2) is 4.98 Å². The van der Waals surface area contributed by atoms with Crippen molar-refractivity contribution in [1.82, 2.24) is 14.9 Å². The molecule has 0 aliphatic carbocycles. The van der Waals surface area contributed by atoms with E-state index in [0.29, 0.717) is 30.3 Å². The van der Waals surface area contributed by atoms with Crippen LogP contribution in [0.2, 0.25) is 0 Å². The van der Waals surface area contributed by atoms with Crippen LogP contribution in [-0.4, -0.2) is 50.3 Å². The van der Waals surface area contributed by atoms with E-state index >= 15 is 0 Å². The molecule has 2 aromatic heterocycles. The quantitative estimate of drug-likeness (QED) is 0.500. The molecular formula is C19H19N5O4S. The maximum Gasteiger partial charge on any atom is 0.321 e. The molecule has 4 rings (SSSR count). The summed E-state index contributed by atoms with van der Waals surface area (Å²) in [6, 6.07) is 8.30. The molecule has 0 bridgehead atoms. The van der Waals surface area contributed by atoms with Gasteiger partial charge in [-0.15, -0.1) is 0 Å². The van der Waals surface area contributed by atoms with Crippen LogP contribution in [-0.2, 0) is 22.6 Å². The molecule has 9 nitrogen and oxygen atoms in total. The molecule has 5 N–H and O–H groups in total. The normalized spacial score (nSPS) is 14.4. The molecule has 29 heavy (non-hydrogen) atoms. The fraction of sp³-hybridized carbons (Fsp3) is 0.263. The van der Waals surface area contributed by atoms with Crippen LogP contribution < -0.4 is 11.1 Å². The Labute approximate surface area is 169 Å². The topological polar surface area (TPSA) is 141 Å². The second-order valence-corrected chi connectivity index (χ2v) is 7.92. The van der Waals surface area contributed by atoms with Gasteiger partial charge >= 0.3 is 5.97 Å². The van der Waals surface area contributed by atoms with E-state index in [1.165, 1.54) is 11.3 Å². The Balaban J connectivity index is 1.44. The third-order valence-electron chi connectivity index (χ3n) is 4.75. The molecule has 3 heterocycles. The summed E-state index contributed by atoms with van der Waals surface area (Å²) in [4.78, 5) is 45.8. The van der Waals surface area contributed by atoms with Crippen molar-refractivity contribution in [3.63, 3.8) is 0 Å². The Morgan fingerprint density at radius 1 is 1.34 bits per heavy atom. The number of benzene rings is 1. The molecule has 10 heteroatoms. The van der Waals surface area contributed by atoms with Gasteiger partial charge in [-0.3, -0.25) is 14.4 Å². The van der Waals surface area contributed by atoms with Crippen molar-refractivity contribution in [1.29, 1.82) is 0 Å². The Hall–Kier alpha value is -3.24. The van der Waals surface area contributed by atoms with E-state index in [4.69, 9.17) is 10.8 Å². The summed E-state index contributed by atoms with van der Waals surface area (Å²) >= 11 is 1.29. The van der Waals surface area contributed by atoms with Gasteiger partial charge in [0.05, 0.1) is 18.7 Å². The van der Waals surface area contributed by atoms with Crippen molar-refractivity contribution in [2.75, 3.05) is 11.9 Å². The first-order chi connectivity index (χ1) is 13.9. The molecule has 0 saturated carbocycles. The first-order valence-corrected chi connectivity index (χ1v) is 9.86. The zero-order valence-electron chi connectivity index (χ0n) is 15.3. The highest BCUT2D eigenvalue weighted by atomic mass is 32.1. The van der Waals surface area contributed by atoms with Crippen LogP contribution in [0.3, 0.4) is 0 Å². The van der Waals surface area contributed by atoms with E-state index in [0.717, 1.165) is 21.5 Å². The number of aromatic amines is 1. The third-order valence-corrected chi connectivity index (χ3v) is 5.75. The number of para-hydroxylation sites is 1. The number of carbonyl (C=O) groups excluding carboxylic acids is 2. The van der Waals surface area contributed by atoms with Crippen molar-refractivity contribution in [3.05, 3.63) is 46.6 Å². The molecule has 150 valence electrons. The first kappa shape index (κ1) is 19.1. The van der Waals surface area contributed by atoms with Gasteiger partial charge in [-0.2, -0.15) is 0 Å². The number of aromatic nitrogens is 2. The second-order valence-electron chi connectivity index (χ2n) is 6.83. The van der Waals surface area contributed by atoms with Crippen LogP contribution in [0.4, 0.5) is 5.13 Å². The molecule has 0 radical (unpaired) electrons. The summed E-state index contributed by atoms with van der Waals surface area (Å²) in [5.41, 5.74) is 7.67. The summed E-state index contributed by atoms with van der Waals surface area (Å²) in [6.07, 6.45) is 0.257. The number of thiazole rings is 1. The SMILES string of the molecule is N[C@@H](CC(=O)Nc1nc2c(s1)CN(C(=O)c1cc3ccccc3[nH]1)CC2)C(=O)O. The molecule has 0 unspecified atom stereocenters. The lowest BCUT2D eigenvalue weighted by molar-refractivity contribution is -0.140. The number of nitrogens with one attached hydrogen (secondary N) is 2. The number of amides is 2. The van der Waals surface area contributed by atoms with E-state index < -0.39 is 17.9 Å². The molecule has 1 aromatic carbocycles. The van der Waals surface area contributed by atoms with E-state index in [9.17, 15) is 14.4 Å². The van der Waals surface area contributed by atoms with E-state index in [2.05, 4.69) is 15.3 Å². The van der Waals surface area contributed by atoms with Crippen LogP contribution in [0, 0.1) is 0 Å². The van der Waals surface area contributed by atoms with Crippen LogP contribution in [0.5, 0.6) is 0 Å². The van der Waals surface area contributed by atoms with E-state index in [-0.39, 0.29) is 12.3 Å². The highest BCUT2D eigenvalue weighted by molar-refractivity contribution is 7.15. The van der Waals surface area contributed by atoms with Crippen molar-refractivity contribution in [2.24, 2.45) is 5.73 Å². The zero-order chi connectivity index (χ0) is 20.5. The number of hydrogen-bond donors (Lipinski definition) is 4. The lowest BCUT2D eigenvalue weighted by atomic mass is 10.1. The van der Waals surface area contributed by atoms with E-state index in [1.807, 2.05) is 30.3 Å². The number of nitrogens with zero attached hydrogens (tertiary/aromatic N) is 2. The number of H-pyrrole nitrogens is 1. The lowest BCUT2D eigenvalue weighted by Gasteiger charge is -2.25. The van der Waals surface area contributed by atoms with Crippen molar-refractivity contribution >= 4 is 45.2 Å². The van der Waals surface area contributed by atoms with Gasteiger partial charge < -0.3 is 26.0 Å². The maximum atomic E-state index is 12.9. The number of carbonyl (C=O) groups is 3. The Morgan fingerprint density at radius 2 is 2.14 bits per heavy atom. The van der Waals surface area contributed by atoms with Crippen LogP contribution >= 0.6 is 11.3 Å². The highest BCUT2D eigenvalue weighted by Gasteiger charge is 2.26. The first-order valence-electron chi connectivity index (χ1n) is 9.04. The fourth-order valence-corrected chi connectivity index (χ4v) is 4.28. The molecular weight excluding hydrogens is 394 g/mol. The summed E-state index contributed by atoms with van der Waals surface area (Å²) < 4.78 is 0. The average molecular weight is 413 g/mol. The molecule has 0 saturated heterocycles. The maximum absolute atomic E-state index is 12.9. The standard InChI is InChI=1S/C19H19N5O4S/c20-11(18(27)28)8-16(25)23-19-22-13-5-6-24(9-15(13)29-19)17(26)14-7-10-3-1-2-4-12(10)21-14/h1-4,7,11,21H,5-6,8-9,20H2,(H,27,28)(H,22,23,25)/t11-/m0/s1. The molecule has 3 aromatic rings. The lowest BCUT2D eigenvalue weighted by Crippen LogP contribution is -2.35. The highest BCUT2D eigenvalue weighted by Crippen LogP contribution is 2.29. The monoisotopic (exact) mass is 413 g/mol. The predicted molar refractivity (Wildman–Crippen MR) is 108 cm³/mol. The Bertz CT molecular complexity index is 1070. The van der Waals surface area contributed by atoms with Gasteiger partial charge in [-0.05, 0) is 12.1 Å². The van der Waals surface area contributed by atoms with Crippen LogP contribution in [0.25, 0.3) is 10.9 Å². The minimum atomic E-state index is -1.26. The fourth-order valence-electron chi connectivity index (χ4n) is 3.24. The van der Waals surface area contributed by atoms with E-state index in [1.54, 1.807) is 4.90 Å². The van der Waals surface area contributed by atoms with Crippen molar-refractivity contribution < 1.29 is 19.5 Å². The van der Waals surface area contributed by atoms with Gasteiger partial charge in [0.25, 0.3) is 5.91 Å². The van der Waals surface area contributed by atoms with Crippen molar-refractivity contribution in [3.8, 4) is 0 Å². The van der Waals surface area contributed by atoms with Crippen molar-refractivity contribution in [2.45, 2.75) is 25.4 Å². The summed E-state index contributed by atoms with van der Waals surface area (Å²) in [7, 11) is 0.